The molecule has 0 amide bonds. The first-order chi connectivity index (χ1) is 12.9. The van der Waals surface area contributed by atoms with Gasteiger partial charge in [0.1, 0.15) is 5.65 Å². The average molecular weight is 378 g/mol. The molecule has 142 valence electrons. The van der Waals surface area contributed by atoms with Gasteiger partial charge in [-0.1, -0.05) is 6.07 Å². The molecule has 3 N–H and O–H groups in total. The Labute approximate surface area is 152 Å². The molecule has 7 nitrogen and oxygen atoms in total. The van der Waals surface area contributed by atoms with Crippen molar-refractivity contribution in [3.63, 3.8) is 0 Å². The minimum absolute atomic E-state index is 0.232. The molecule has 0 saturated carbocycles. The summed E-state index contributed by atoms with van der Waals surface area (Å²) in [6, 6.07) is 4.54. The number of hydrogen-bond acceptors (Lipinski definition) is 6. The van der Waals surface area contributed by atoms with Gasteiger partial charge in [0.05, 0.1) is 17.6 Å². The SMILES string of the molecule is OC(c1ccc2ncc(-c3ccnc(NC4CCNC4)n3)n2c1)C(F)(F)F. The minimum atomic E-state index is -4.74. The van der Waals surface area contributed by atoms with Crippen molar-refractivity contribution in [2.45, 2.75) is 24.7 Å². The van der Waals surface area contributed by atoms with Gasteiger partial charge in [-0.25, -0.2) is 15.0 Å². The second-order valence-corrected chi connectivity index (χ2v) is 6.38. The van der Waals surface area contributed by atoms with E-state index in [4.69, 9.17) is 0 Å². The van der Waals surface area contributed by atoms with E-state index in [1.54, 1.807) is 12.3 Å². The van der Waals surface area contributed by atoms with Crippen molar-refractivity contribution >= 4 is 11.6 Å². The number of anilines is 1. The van der Waals surface area contributed by atoms with Crippen LogP contribution in [0.4, 0.5) is 19.1 Å². The Morgan fingerprint density at radius 2 is 2.11 bits per heavy atom. The van der Waals surface area contributed by atoms with E-state index in [-0.39, 0.29) is 11.6 Å². The number of aromatic nitrogens is 4. The van der Waals surface area contributed by atoms with Crippen molar-refractivity contribution < 1.29 is 18.3 Å². The first-order valence-corrected chi connectivity index (χ1v) is 8.44. The van der Waals surface area contributed by atoms with Gasteiger partial charge in [0, 0.05) is 30.5 Å². The summed E-state index contributed by atoms with van der Waals surface area (Å²) >= 11 is 0. The lowest BCUT2D eigenvalue weighted by molar-refractivity contribution is -0.206. The Balaban J connectivity index is 1.69. The van der Waals surface area contributed by atoms with Crippen LogP contribution in [0.5, 0.6) is 0 Å². The van der Waals surface area contributed by atoms with Gasteiger partial charge in [-0.2, -0.15) is 13.2 Å². The first-order valence-electron chi connectivity index (χ1n) is 8.44. The van der Waals surface area contributed by atoms with E-state index in [0.29, 0.717) is 23.0 Å². The van der Waals surface area contributed by atoms with E-state index in [2.05, 4.69) is 25.6 Å². The predicted molar refractivity (Wildman–Crippen MR) is 92.1 cm³/mol. The zero-order valence-corrected chi connectivity index (χ0v) is 14.1. The van der Waals surface area contributed by atoms with Gasteiger partial charge in [0.2, 0.25) is 5.95 Å². The molecule has 3 aromatic rings. The van der Waals surface area contributed by atoms with Gasteiger partial charge in [0.25, 0.3) is 0 Å². The third-order valence-electron chi connectivity index (χ3n) is 4.47. The fourth-order valence-corrected chi connectivity index (χ4v) is 3.07. The molecule has 4 rings (SSSR count). The number of halogens is 3. The van der Waals surface area contributed by atoms with Crippen molar-refractivity contribution in [1.82, 2.24) is 24.7 Å². The zero-order chi connectivity index (χ0) is 19.0. The highest BCUT2D eigenvalue weighted by Gasteiger charge is 2.39. The predicted octanol–water partition coefficient (Wildman–Crippen LogP) is 2.16. The summed E-state index contributed by atoms with van der Waals surface area (Å²) < 4.78 is 39.9. The van der Waals surface area contributed by atoms with Gasteiger partial charge in [-0.3, -0.25) is 4.40 Å². The van der Waals surface area contributed by atoms with Crippen molar-refractivity contribution in [3.8, 4) is 11.4 Å². The normalized spacial score (nSPS) is 18.7. The lowest BCUT2D eigenvalue weighted by atomic mass is 10.1. The van der Waals surface area contributed by atoms with E-state index in [1.165, 1.54) is 28.9 Å². The molecule has 2 atom stereocenters. The van der Waals surface area contributed by atoms with Crippen LogP contribution in [-0.2, 0) is 0 Å². The summed E-state index contributed by atoms with van der Waals surface area (Å²) in [5.41, 5.74) is 1.22. The van der Waals surface area contributed by atoms with Crippen LogP contribution in [0, 0.1) is 0 Å². The van der Waals surface area contributed by atoms with Crippen LogP contribution < -0.4 is 10.6 Å². The van der Waals surface area contributed by atoms with Gasteiger partial charge in [-0.05, 0) is 25.1 Å². The average Bonchev–Trinajstić information content (AvgIpc) is 3.29. The maximum absolute atomic E-state index is 12.8. The van der Waals surface area contributed by atoms with Gasteiger partial charge < -0.3 is 15.7 Å². The molecule has 0 aromatic carbocycles. The summed E-state index contributed by atoms with van der Waals surface area (Å²) in [6.45, 7) is 1.75. The number of nitrogens with one attached hydrogen (secondary N) is 2. The van der Waals surface area contributed by atoms with Crippen LogP contribution in [0.15, 0.2) is 36.8 Å². The molecular formula is C17H17F3N6O. The molecule has 3 aromatic heterocycles. The summed E-state index contributed by atoms with van der Waals surface area (Å²) in [5, 5.41) is 16.0. The Morgan fingerprint density at radius 3 is 2.85 bits per heavy atom. The van der Waals surface area contributed by atoms with Crippen molar-refractivity contribution in [2.75, 3.05) is 18.4 Å². The molecule has 0 bridgehead atoms. The maximum atomic E-state index is 12.8. The second-order valence-electron chi connectivity index (χ2n) is 6.38. The van der Waals surface area contributed by atoms with Crippen molar-refractivity contribution in [1.29, 1.82) is 0 Å². The smallest absolute Gasteiger partial charge is 0.379 e. The lowest BCUT2D eigenvalue weighted by Gasteiger charge is -2.15. The second kappa shape index (κ2) is 6.78. The number of nitrogens with zero attached hydrogens (tertiary/aromatic N) is 4. The molecule has 4 heterocycles. The van der Waals surface area contributed by atoms with Crippen LogP contribution in [0.2, 0.25) is 0 Å². The molecule has 1 saturated heterocycles. The number of pyridine rings is 1. The number of rotatable bonds is 4. The Kier molecular flexibility index (Phi) is 4.44. The number of fused-ring (bicyclic) bond motifs is 1. The largest absolute Gasteiger partial charge is 0.418 e. The van der Waals surface area contributed by atoms with Crippen molar-refractivity contribution in [2.24, 2.45) is 0 Å². The van der Waals surface area contributed by atoms with Crippen LogP contribution in [0.1, 0.15) is 18.1 Å². The maximum Gasteiger partial charge on any atom is 0.418 e. The topological polar surface area (TPSA) is 87.4 Å². The first kappa shape index (κ1) is 17.7. The molecule has 0 spiro atoms. The fourth-order valence-electron chi connectivity index (χ4n) is 3.07. The van der Waals surface area contributed by atoms with Gasteiger partial charge in [-0.15, -0.1) is 0 Å². The van der Waals surface area contributed by atoms with E-state index >= 15 is 0 Å². The molecule has 1 aliphatic heterocycles. The highest BCUT2D eigenvalue weighted by Crippen LogP contribution is 2.33. The number of imidazole rings is 1. The highest BCUT2D eigenvalue weighted by atomic mass is 19.4. The molecule has 2 unspecified atom stereocenters. The lowest BCUT2D eigenvalue weighted by Crippen LogP contribution is -2.23. The van der Waals surface area contributed by atoms with Crippen LogP contribution in [0.25, 0.3) is 17.0 Å². The molecule has 0 aliphatic carbocycles. The van der Waals surface area contributed by atoms with Crippen molar-refractivity contribution in [3.05, 3.63) is 42.4 Å². The molecule has 1 fully saturated rings. The number of alkyl halides is 3. The van der Waals surface area contributed by atoms with Gasteiger partial charge in [0.15, 0.2) is 6.10 Å². The van der Waals surface area contributed by atoms with E-state index in [0.717, 1.165) is 19.5 Å². The number of aliphatic hydroxyl groups excluding tert-OH is 1. The zero-order valence-electron chi connectivity index (χ0n) is 14.1. The molecule has 10 heteroatoms. The van der Waals surface area contributed by atoms with E-state index in [9.17, 15) is 18.3 Å². The highest BCUT2D eigenvalue weighted by molar-refractivity contribution is 5.61. The van der Waals surface area contributed by atoms with E-state index in [1.807, 2.05) is 0 Å². The standard InChI is InChI=1S/C17H17F3N6O/c18-17(19,20)15(27)10-1-2-14-23-8-13(26(14)9-10)12-4-6-22-16(25-12)24-11-3-5-21-7-11/h1-2,4,6,8-9,11,15,21,27H,3,5,7H2,(H,22,24,25). The van der Waals surface area contributed by atoms with E-state index < -0.39 is 12.3 Å². The Hall–Kier alpha value is -2.72. The fraction of sp³-hybridized carbons (Fsp3) is 0.353. The third kappa shape index (κ3) is 3.58. The Morgan fingerprint density at radius 1 is 1.26 bits per heavy atom. The summed E-state index contributed by atoms with van der Waals surface area (Å²) in [4.78, 5) is 12.9. The third-order valence-corrected chi connectivity index (χ3v) is 4.47. The van der Waals surface area contributed by atoms with Crippen LogP contribution in [0.3, 0.4) is 0 Å². The minimum Gasteiger partial charge on any atom is -0.379 e. The van der Waals surface area contributed by atoms with Crippen LogP contribution >= 0.6 is 0 Å². The molecular weight excluding hydrogens is 361 g/mol. The van der Waals surface area contributed by atoms with Crippen LogP contribution in [-0.4, -0.2) is 49.8 Å². The summed E-state index contributed by atoms with van der Waals surface area (Å²) in [7, 11) is 0. The quantitative estimate of drug-likeness (QED) is 0.645. The number of aliphatic hydroxyl groups is 1. The molecule has 27 heavy (non-hydrogen) atoms. The van der Waals surface area contributed by atoms with Gasteiger partial charge >= 0.3 is 6.18 Å². The summed E-state index contributed by atoms with van der Waals surface area (Å²) in [6.07, 6.45) is -2.00. The molecule has 0 radical (unpaired) electrons. The molecule has 1 aliphatic rings. The summed E-state index contributed by atoms with van der Waals surface area (Å²) in [5.74, 6) is 0.447. The number of hydrogen-bond donors (Lipinski definition) is 3. The Bertz CT molecular complexity index is 951. The monoisotopic (exact) mass is 378 g/mol.